The van der Waals surface area contributed by atoms with E-state index in [0.29, 0.717) is 5.69 Å². The summed E-state index contributed by atoms with van der Waals surface area (Å²) in [4.78, 5) is 22.6. The number of fused-ring (bicyclic) bond motifs is 1. The lowest BCUT2D eigenvalue weighted by atomic mass is 10.1. The third-order valence-corrected chi connectivity index (χ3v) is 3.30. The minimum atomic E-state index is -0.0697. The molecule has 1 aromatic carbocycles. The van der Waals surface area contributed by atoms with Crippen LogP contribution < -0.4 is 5.32 Å². The molecule has 0 unspecified atom stereocenters. The molecule has 7 heteroatoms. The summed E-state index contributed by atoms with van der Waals surface area (Å²) in [5.41, 5.74) is 1.97. The molecule has 2 aromatic rings. The van der Waals surface area contributed by atoms with Crippen molar-refractivity contribution in [3.8, 4) is 0 Å². The lowest BCUT2D eigenvalue weighted by molar-refractivity contribution is 0.0675. The Labute approximate surface area is 129 Å². The first-order valence-corrected chi connectivity index (χ1v) is 5.95. The first-order valence-electron chi connectivity index (χ1n) is 5.95. The maximum absolute atomic E-state index is 12.2. The van der Waals surface area contributed by atoms with Crippen LogP contribution in [0.5, 0.6) is 0 Å². The number of hydrogen-bond donors (Lipinski definition) is 1. The van der Waals surface area contributed by atoms with Crippen LogP contribution in [-0.4, -0.2) is 47.0 Å². The maximum atomic E-state index is 12.2. The topological polar surface area (TPSA) is 58.1 Å². The van der Waals surface area contributed by atoms with Crippen molar-refractivity contribution in [1.29, 1.82) is 0 Å². The highest BCUT2D eigenvalue weighted by molar-refractivity contribution is 5.93. The number of rotatable bonds is 2. The molecule has 2 heterocycles. The van der Waals surface area contributed by atoms with Gasteiger partial charge in [0.1, 0.15) is 5.69 Å². The summed E-state index contributed by atoms with van der Waals surface area (Å²) in [6.07, 6.45) is 1.55. The first-order chi connectivity index (χ1) is 8.75. The summed E-state index contributed by atoms with van der Waals surface area (Å²) >= 11 is 0. The Morgan fingerprint density at radius 2 is 1.90 bits per heavy atom. The van der Waals surface area contributed by atoms with Gasteiger partial charge in [0, 0.05) is 20.1 Å². The number of aromatic nitrogens is 2. The van der Waals surface area contributed by atoms with Crippen LogP contribution in [0.25, 0.3) is 11.0 Å². The lowest BCUT2D eigenvalue weighted by Crippen LogP contribution is -2.57. The summed E-state index contributed by atoms with van der Waals surface area (Å²) in [7, 11) is 1.81. The summed E-state index contributed by atoms with van der Waals surface area (Å²) in [6.45, 7) is 1.70. The summed E-state index contributed by atoms with van der Waals surface area (Å²) in [6, 6.07) is 7.82. The van der Waals surface area contributed by atoms with E-state index >= 15 is 0 Å². The van der Waals surface area contributed by atoms with Crippen LogP contribution in [0.3, 0.4) is 0 Å². The normalized spacial score (nSPS) is 13.8. The molecule has 1 amide bonds. The number of carbonyl (C=O) groups is 1. The molecule has 3 rings (SSSR count). The van der Waals surface area contributed by atoms with Crippen molar-refractivity contribution < 1.29 is 4.79 Å². The van der Waals surface area contributed by atoms with Crippen LogP contribution in [0.4, 0.5) is 0 Å². The average molecular weight is 315 g/mol. The van der Waals surface area contributed by atoms with Gasteiger partial charge in [0.15, 0.2) is 0 Å². The zero-order valence-electron chi connectivity index (χ0n) is 10.9. The van der Waals surface area contributed by atoms with E-state index in [4.69, 9.17) is 0 Å². The Bertz CT molecular complexity index is 604. The third-order valence-electron chi connectivity index (χ3n) is 3.30. The van der Waals surface area contributed by atoms with E-state index in [1.807, 2.05) is 31.3 Å². The molecule has 0 radical (unpaired) electrons. The van der Waals surface area contributed by atoms with Gasteiger partial charge in [-0.3, -0.25) is 9.78 Å². The molecule has 1 fully saturated rings. The molecular formula is C13H16Cl2N4O. The third kappa shape index (κ3) is 3.00. The SMILES string of the molecule is CN(C(=O)c1cnc2ccccc2n1)C1CNC1.Cl.Cl. The van der Waals surface area contributed by atoms with E-state index in [2.05, 4.69) is 15.3 Å². The van der Waals surface area contributed by atoms with Gasteiger partial charge in [-0.05, 0) is 12.1 Å². The first kappa shape index (κ1) is 16.6. The Morgan fingerprint density at radius 3 is 2.50 bits per heavy atom. The Morgan fingerprint density at radius 1 is 1.25 bits per heavy atom. The fourth-order valence-corrected chi connectivity index (χ4v) is 1.95. The minimum absolute atomic E-state index is 0. The number of benzene rings is 1. The molecule has 1 N–H and O–H groups in total. The molecule has 0 aliphatic carbocycles. The Hall–Kier alpha value is -1.43. The molecule has 5 nitrogen and oxygen atoms in total. The number of para-hydroxylation sites is 2. The second kappa shape index (κ2) is 6.83. The van der Waals surface area contributed by atoms with Crippen LogP contribution in [0.2, 0.25) is 0 Å². The molecule has 1 aromatic heterocycles. The van der Waals surface area contributed by atoms with Gasteiger partial charge >= 0.3 is 0 Å². The number of amides is 1. The van der Waals surface area contributed by atoms with Crippen LogP contribution in [0, 0.1) is 0 Å². The molecule has 0 spiro atoms. The minimum Gasteiger partial charge on any atom is -0.335 e. The van der Waals surface area contributed by atoms with Gasteiger partial charge in [0.2, 0.25) is 0 Å². The van der Waals surface area contributed by atoms with Gasteiger partial charge < -0.3 is 10.2 Å². The molecule has 1 aliphatic heterocycles. The monoisotopic (exact) mass is 314 g/mol. The van der Waals surface area contributed by atoms with Crippen LogP contribution in [-0.2, 0) is 0 Å². The van der Waals surface area contributed by atoms with Gasteiger partial charge in [-0.2, -0.15) is 0 Å². The van der Waals surface area contributed by atoms with E-state index in [1.165, 1.54) is 0 Å². The van der Waals surface area contributed by atoms with Crippen molar-refractivity contribution in [1.82, 2.24) is 20.2 Å². The fraction of sp³-hybridized carbons (Fsp3) is 0.308. The highest BCUT2D eigenvalue weighted by atomic mass is 35.5. The number of carbonyl (C=O) groups excluding carboxylic acids is 1. The van der Waals surface area contributed by atoms with Crippen molar-refractivity contribution in [3.63, 3.8) is 0 Å². The maximum Gasteiger partial charge on any atom is 0.274 e. The van der Waals surface area contributed by atoms with Gasteiger partial charge in [-0.25, -0.2) is 4.98 Å². The van der Waals surface area contributed by atoms with Gasteiger partial charge in [0.05, 0.1) is 23.3 Å². The van der Waals surface area contributed by atoms with Crippen molar-refractivity contribution in [3.05, 3.63) is 36.2 Å². The smallest absolute Gasteiger partial charge is 0.274 e. The number of nitrogens with zero attached hydrogens (tertiary/aromatic N) is 3. The van der Waals surface area contributed by atoms with Gasteiger partial charge in [-0.1, -0.05) is 12.1 Å². The molecule has 0 atom stereocenters. The van der Waals surface area contributed by atoms with E-state index in [9.17, 15) is 4.79 Å². The van der Waals surface area contributed by atoms with Crippen LogP contribution in [0.1, 0.15) is 10.5 Å². The molecule has 1 aliphatic rings. The lowest BCUT2D eigenvalue weighted by Gasteiger charge is -2.35. The standard InChI is InChI=1S/C13H14N4O.2ClH/c1-17(9-6-14-7-9)13(18)12-8-15-10-4-2-3-5-11(10)16-12;;/h2-5,8-9,14H,6-7H2,1H3;2*1H. The van der Waals surface area contributed by atoms with Gasteiger partial charge in [0.25, 0.3) is 5.91 Å². The quantitative estimate of drug-likeness (QED) is 0.913. The van der Waals surface area contributed by atoms with E-state index in [1.54, 1.807) is 11.1 Å². The zero-order chi connectivity index (χ0) is 12.5. The molecule has 108 valence electrons. The van der Waals surface area contributed by atoms with Crippen molar-refractivity contribution >= 4 is 41.8 Å². The van der Waals surface area contributed by atoms with E-state index in [-0.39, 0.29) is 36.8 Å². The highest BCUT2D eigenvalue weighted by Gasteiger charge is 2.26. The van der Waals surface area contributed by atoms with E-state index in [0.717, 1.165) is 24.1 Å². The largest absolute Gasteiger partial charge is 0.335 e. The van der Waals surface area contributed by atoms with Crippen molar-refractivity contribution in [2.75, 3.05) is 20.1 Å². The molecule has 1 saturated heterocycles. The number of halogens is 2. The van der Waals surface area contributed by atoms with Gasteiger partial charge in [-0.15, -0.1) is 24.8 Å². The molecule has 0 bridgehead atoms. The van der Waals surface area contributed by atoms with Crippen LogP contribution in [0.15, 0.2) is 30.5 Å². The number of hydrogen-bond acceptors (Lipinski definition) is 4. The molecule has 20 heavy (non-hydrogen) atoms. The van der Waals surface area contributed by atoms with Crippen LogP contribution >= 0.6 is 24.8 Å². The van der Waals surface area contributed by atoms with Crippen molar-refractivity contribution in [2.24, 2.45) is 0 Å². The van der Waals surface area contributed by atoms with E-state index < -0.39 is 0 Å². The second-order valence-electron chi connectivity index (χ2n) is 4.47. The van der Waals surface area contributed by atoms with Crippen molar-refractivity contribution in [2.45, 2.75) is 6.04 Å². The molecule has 0 saturated carbocycles. The fourth-order valence-electron chi connectivity index (χ4n) is 1.95. The summed E-state index contributed by atoms with van der Waals surface area (Å²) in [5, 5.41) is 3.15. The highest BCUT2D eigenvalue weighted by Crippen LogP contribution is 2.11. The number of nitrogens with one attached hydrogen (secondary N) is 1. The Balaban J connectivity index is 0.000001000. The zero-order valence-corrected chi connectivity index (χ0v) is 12.6. The Kier molecular flexibility index (Phi) is 5.68. The predicted molar refractivity (Wildman–Crippen MR) is 82.8 cm³/mol. The summed E-state index contributed by atoms with van der Waals surface area (Å²) in [5.74, 6) is -0.0697. The number of likely N-dealkylation sites (N-methyl/N-ethyl adjacent to an activating group) is 1. The summed E-state index contributed by atoms with van der Waals surface area (Å²) < 4.78 is 0. The predicted octanol–water partition coefficient (Wildman–Crippen LogP) is 1.52. The second-order valence-corrected chi connectivity index (χ2v) is 4.47. The molecular weight excluding hydrogens is 299 g/mol. The average Bonchev–Trinajstić information content (AvgIpc) is 2.35.